The van der Waals surface area contributed by atoms with Crippen molar-refractivity contribution in [2.75, 3.05) is 27.8 Å². The number of hydrogen-bond acceptors (Lipinski definition) is 9. The molecule has 2 aliphatic heterocycles. The number of aromatic nitrogens is 1. The summed E-state index contributed by atoms with van der Waals surface area (Å²) in [6.45, 7) is 0.762. The molecule has 2 aromatic rings. The van der Waals surface area contributed by atoms with Gasteiger partial charge in [0, 0.05) is 41.5 Å². The van der Waals surface area contributed by atoms with Crippen LogP contribution in [0.3, 0.4) is 0 Å². The van der Waals surface area contributed by atoms with Gasteiger partial charge in [0.15, 0.2) is 10.8 Å². The van der Waals surface area contributed by atoms with Crippen LogP contribution in [0, 0.1) is 5.82 Å². The van der Waals surface area contributed by atoms with Crippen molar-refractivity contribution in [3.05, 3.63) is 62.5 Å². The normalized spacial score (nSPS) is 17.6. The van der Waals surface area contributed by atoms with Crippen molar-refractivity contribution in [1.29, 1.82) is 0 Å². The third-order valence-corrected chi connectivity index (χ3v) is 5.80. The number of nitrogens with zero attached hydrogens (tertiary/aromatic N) is 3. The number of halogens is 2. The van der Waals surface area contributed by atoms with Crippen LogP contribution >= 0.6 is 22.9 Å². The molecule has 1 unspecified atom stereocenters. The molecule has 0 saturated carbocycles. The van der Waals surface area contributed by atoms with Gasteiger partial charge in [0.25, 0.3) is 0 Å². The Morgan fingerprint density at radius 2 is 2.19 bits per heavy atom. The number of benzene rings is 1. The molecule has 0 bridgehead atoms. The Balaban J connectivity index is 0.000000491. The molecule has 3 heterocycles. The van der Waals surface area contributed by atoms with Crippen LogP contribution in [0.1, 0.15) is 29.5 Å². The van der Waals surface area contributed by atoms with Gasteiger partial charge < -0.3 is 9.64 Å². The summed E-state index contributed by atoms with van der Waals surface area (Å²) in [7, 11) is 4.61. The number of aliphatic imine (C=N–C) groups is 1. The molecular weight excluding hydrogens is 445 g/mol. The number of ether oxygens (including phenoxy) is 1. The second-order valence-electron chi connectivity index (χ2n) is 6.52. The van der Waals surface area contributed by atoms with Crippen molar-refractivity contribution in [3.8, 4) is 0 Å². The average Bonchev–Trinajstić information content (AvgIpc) is 3.45. The van der Waals surface area contributed by atoms with E-state index in [4.69, 9.17) is 21.3 Å². The molecule has 0 spiro atoms. The summed E-state index contributed by atoms with van der Waals surface area (Å²) in [5.74, 6) is -0.168. The molecule has 8 nitrogen and oxygen atoms in total. The number of hydrazine groups is 1. The van der Waals surface area contributed by atoms with Crippen LogP contribution in [0.4, 0.5) is 4.39 Å². The lowest BCUT2D eigenvalue weighted by Gasteiger charge is -2.31. The minimum absolute atomic E-state index is 0.227. The number of nitrogens with one attached hydrogen (secondary N) is 2. The summed E-state index contributed by atoms with van der Waals surface area (Å²) in [6, 6.07) is 3.47. The first-order chi connectivity index (χ1) is 15.0. The molecule has 2 N–H and O–H groups in total. The lowest BCUT2D eigenvalue weighted by atomic mass is 9.94. The van der Waals surface area contributed by atoms with Gasteiger partial charge in [-0.05, 0) is 25.0 Å². The maximum Gasteiger partial charge on any atom is 0.338 e. The monoisotopic (exact) mass is 467 g/mol. The van der Waals surface area contributed by atoms with Crippen LogP contribution in [-0.2, 0) is 14.4 Å². The van der Waals surface area contributed by atoms with E-state index in [1.54, 1.807) is 19.3 Å². The molecule has 2 aliphatic rings. The zero-order chi connectivity index (χ0) is 22.4. The number of allylic oxidation sites excluding steroid dienone is 1. The predicted molar refractivity (Wildman–Crippen MR) is 117 cm³/mol. The third kappa shape index (κ3) is 5.10. The molecule has 1 fully saturated rings. The first-order valence-electron chi connectivity index (χ1n) is 9.48. The maximum atomic E-state index is 13.5. The number of carbonyl (C=O) groups is 1. The maximum absolute atomic E-state index is 13.5. The summed E-state index contributed by atoms with van der Waals surface area (Å²) in [6.07, 6.45) is 3.37. The molecule has 11 heteroatoms. The van der Waals surface area contributed by atoms with E-state index in [-0.39, 0.29) is 5.02 Å². The Morgan fingerprint density at radius 1 is 1.39 bits per heavy atom. The molecule has 1 atom stereocenters. The number of rotatable bonds is 5. The van der Waals surface area contributed by atoms with Crippen molar-refractivity contribution in [2.24, 2.45) is 4.99 Å². The molecule has 1 aromatic carbocycles. The van der Waals surface area contributed by atoms with E-state index >= 15 is 0 Å². The van der Waals surface area contributed by atoms with Crippen LogP contribution < -0.4 is 11.0 Å². The summed E-state index contributed by atoms with van der Waals surface area (Å²) in [5, 5.41) is 2.88. The zero-order valence-corrected chi connectivity index (χ0v) is 18.9. The van der Waals surface area contributed by atoms with E-state index in [0.29, 0.717) is 17.0 Å². The fourth-order valence-corrected chi connectivity index (χ4v) is 4.41. The Morgan fingerprint density at radius 3 is 2.77 bits per heavy atom. The number of methoxy groups -OCH3 is 1. The van der Waals surface area contributed by atoms with Crippen LogP contribution in [-0.4, -0.2) is 49.5 Å². The quantitative estimate of drug-likeness (QED) is 0.515. The van der Waals surface area contributed by atoms with E-state index in [2.05, 4.69) is 20.8 Å². The minimum atomic E-state index is -0.654. The number of fused-ring (bicyclic) bond motifs is 1. The van der Waals surface area contributed by atoms with Crippen molar-refractivity contribution >= 4 is 34.7 Å². The molecule has 31 heavy (non-hydrogen) atoms. The summed E-state index contributed by atoms with van der Waals surface area (Å²) < 4.78 is 18.5. The van der Waals surface area contributed by atoms with Gasteiger partial charge in [0.05, 0.1) is 19.8 Å². The number of carbonyl (C=O) groups excluding carboxylic acids is 1. The molecule has 0 amide bonds. The molecule has 166 valence electrons. The van der Waals surface area contributed by atoms with E-state index in [9.17, 15) is 9.18 Å². The second-order valence-corrected chi connectivity index (χ2v) is 7.82. The molecule has 0 radical (unpaired) electrons. The van der Waals surface area contributed by atoms with Crippen molar-refractivity contribution < 1.29 is 18.8 Å². The third-order valence-electron chi connectivity index (χ3n) is 4.70. The van der Waals surface area contributed by atoms with Crippen LogP contribution in [0.5, 0.6) is 0 Å². The lowest BCUT2D eigenvalue weighted by Crippen LogP contribution is -2.35. The number of esters is 1. The van der Waals surface area contributed by atoms with Gasteiger partial charge in [0.2, 0.25) is 0 Å². The van der Waals surface area contributed by atoms with Crippen LogP contribution in [0.25, 0.3) is 0 Å². The van der Waals surface area contributed by atoms with E-state index < -0.39 is 17.8 Å². The number of amidine groups is 1. The molecular formula is C20H23ClFN5O3S. The van der Waals surface area contributed by atoms with E-state index in [1.807, 2.05) is 10.3 Å². The van der Waals surface area contributed by atoms with Crippen molar-refractivity contribution in [1.82, 2.24) is 20.9 Å². The van der Waals surface area contributed by atoms with Gasteiger partial charge in [-0.2, -0.15) is 0 Å². The SMILES string of the molecule is CNNOC.COC(=O)C1=C2CCCN2C(c2nccs2)=NC1c1ccc(F)cc1Cl. The van der Waals surface area contributed by atoms with Gasteiger partial charge in [-0.15, -0.1) is 16.9 Å². The van der Waals surface area contributed by atoms with Gasteiger partial charge in [-0.25, -0.2) is 19.6 Å². The standard InChI is InChI=1S/C18H15ClFN3O2S.C2H8N2O/c1-25-18(24)14-13-3-2-7-23(13)16(17-21-6-8-26-17)22-15(14)11-5-4-10(20)9-12(11)19;1-3-4-5-2/h4-6,8-9,15H,2-3,7H2,1H3;3-4H,1-2H3. The van der Waals surface area contributed by atoms with Crippen molar-refractivity contribution in [2.45, 2.75) is 18.9 Å². The average molecular weight is 468 g/mol. The largest absolute Gasteiger partial charge is 0.466 e. The Bertz CT molecular complexity index is 981. The lowest BCUT2D eigenvalue weighted by molar-refractivity contribution is -0.136. The van der Waals surface area contributed by atoms with Gasteiger partial charge in [-0.1, -0.05) is 17.7 Å². The fraction of sp³-hybridized carbons (Fsp3) is 0.350. The van der Waals surface area contributed by atoms with E-state index in [1.165, 1.54) is 37.7 Å². The fourth-order valence-electron chi connectivity index (χ4n) is 3.50. The molecule has 4 rings (SSSR count). The molecule has 0 aliphatic carbocycles. The summed E-state index contributed by atoms with van der Waals surface area (Å²) in [5.41, 5.74) is 6.81. The summed E-state index contributed by atoms with van der Waals surface area (Å²) >= 11 is 7.76. The smallest absolute Gasteiger partial charge is 0.338 e. The molecule has 1 saturated heterocycles. The minimum Gasteiger partial charge on any atom is -0.466 e. The highest BCUT2D eigenvalue weighted by molar-refractivity contribution is 7.11. The Labute approximate surface area is 188 Å². The number of hydrogen-bond donors (Lipinski definition) is 2. The second kappa shape index (κ2) is 10.8. The summed E-state index contributed by atoms with van der Waals surface area (Å²) in [4.78, 5) is 28.1. The highest BCUT2D eigenvalue weighted by atomic mass is 35.5. The zero-order valence-electron chi connectivity index (χ0n) is 17.3. The topological polar surface area (TPSA) is 88.1 Å². The van der Waals surface area contributed by atoms with Gasteiger partial charge >= 0.3 is 5.97 Å². The van der Waals surface area contributed by atoms with Crippen molar-refractivity contribution in [3.63, 3.8) is 0 Å². The van der Waals surface area contributed by atoms with Gasteiger partial charge in [0.1, 0.15) is 11.9 Å². The highest BCUT2D eigenvalue weighted by Gasteiger charge is 2.39. The number of thiazole rings is 1. The predicted octanol–water partition coefficient (Wildman–Crippen LogP) is 3.23. The van der Waals surface area contributed by atoms with Crippen LogP contribution in [0.15, 0.2) is 46.0 Å². The molecule has 1 aromatic heterocycles. The Hall–Kier alpha value is -2.37. The van der Waals surface area contributed by atoms with E-state index in [0.717, 1.165) is 30.1 Å². The first-order valence-corrected chi connectivity index (χ1v) is 10.7. The van der Waals surface area contributed by atoms with Gasteiger partial charge in [-0.3, -0.25) is 9.83 Å². The van der Waals surface area contributed by atoms with Crippen LogP contribution in [0.2, 0.25) is 5.02 Å². The Kier molecular flexibility index (Phi) is 8.10. The first kappa shape index (κ1) is 23.3. The highest BCUT2D eigenvalue weighted by Crippen LogP contribution is 2.42.